The molecule has 6 nitrogen and oxygen atoms in total. The van der Waals surface area contributed by atoms with Crippen LogP contribution >= 0.6 is 0 Å². The number of hydrogen-bond donors (Lipinski definition) is 2. The van der Waals surface area contributed by atoms with Crippen molar-refractivity contribution in [3.63, 3.8) is 0 Å². The predicted molar refractivity (Wildman–Crippen MR) is 73.9 cm³/mol. The Hall–Kier alpha value is -1.76. The number of hydrogen-bond acceptors (Lipinski definition) is 6. The van der Waals surface area contributed by atoms with Crippen molar-refractivity contribution in [3.8, 4) is 11.5 Å². The molecule has 2 N–H and O–H groups in total. The number of ether oxygens (including phenoxy) is 1. The van der Waals surface area contributed by atoms with Crippen molar-refractivity contribution in [1.82, 2.24) is 15.5 Å². The summed E-state index contributed by atoms with van der Waals surface area (Å²) in [5.41, 5.74) is 0.898. The molecule has 0 aliphatic carbocycles. The first-order valence-electron chi connectivity index (χ1n) is 6.54. The Morgan fingerprint density at radius 2 is 2.10 bits per heavy atom. The SMILES string of the molecule is COCC(CCO)NCc1nnc(-c2ccccc2)o1. The van der Waals surface area contributed by atoms with Crippen LogP contribution in [0.25, 0.3) is 11.5 Å². The molecule has 0 aliphatic rings. The van der Waals surface area contributed by atoms with E-state index in [1.165, 1.54) is 0 Å². The highest BCUT2D eigenvalue weighted by atomic mass is 16.5. The molecule has 1 atom stereocenters. The Balaban J connectivity index is 1.92. The van der Waals surface area contributed by atoms with Gasteiger partial charge in [0, 0.05) is 25.3 Å². The van der Waals surface area contributed by atoms with Crippen LogP contribution < -0.4 is 5.32 Å². The highest BCUT2D eigenvalue weighted by Gasteiger charge is 2.11. The van der Waals surface area contributed by atoms with E-state index in [2.05, 4.69) is 15.5 Å². The lowest BCUT2D eigenvalue weighted by Gasteiger charge is -2.15. The molecule has 1 aromatic heterocycles. The summed E-state index contributed by atoms with van der Waals surface area (Å²) in [6.45, 7) is 1.09. The number of nitrogens with one attached hydrogen (secondary N) is 1. The van der Waals surface area contributed by atoms with Crippen LogP contribution in [-0.4, -0.2) is 41.7 Å². The molecule has 108 valence electrons. The molecule has 0 fully saturated rings. The molecule has 0 aliphatic heterocycles. The second-order valence-corrected chi connectivity index (χ2v) is 4.41. The number of aromatic nitrogens is 2. The molecule has 0 amide bonds. The van der Waals surface area contributed by atoms with Gasteiger partial charge in [-0.2, -0.15) is 0 Å². The van der Waals surface area contributed by atoms with Gasteiger partial charge < -0.3 is 19.6 Å². The molecule has 2 rings (SSSR count). The van der Waals surface area contributed by atoms with E-state index in [4.69, 9.17) is 14.3 Å². The van der Waals surface area contributed by atoms with Gasteiger partial charge in [-0.25, -0.2) is 0 Å². The highest BCUT2D eigenvalue weighted by molar-refractivity contribution is 5.51. The molecule has 2 aromatic rings. The number of aliphatic hydroxyl groups excluding tert-OH is 1. The fourth-order valence-electron chi connectivity index (χ4n) is 1.86. The van der Waals surface area contributed by atoms with E-state index in [0.29, 0.717) is 31.4 Å². The van der Waals surface area contributed by atoms with Gasteiger partial charge in [-0.1, -0.05) is 18.2 Å². The Labute approximate surface area is 117 Å². The van der Waals surface area contributed by atoms with Gasteiger partial charge in [-0.3, -0.25) is 0 Å². The quantitative estimate of drug-likeness (QED) is 0.755. The normalized spacial score (nSPS) is 12.5. The smallest absolute Gasteiger partial charge is 0.247 e. The zero-order chi connectivity index (χ0) is 14.2. The maximum absolute atomic E-state index is 8.97. The average Bonchev–Trinajstić information content (AvgIpc) is 2.95. The molecule has 0 radical (unpaired) electrons. The van der Waals surface area contributed by atoms with Crippen LogP contribution in [-0.2, 0) is 11.3 Å². The van der Waals surface area contributed by atoms with E-state index in [0.717, 1.165) is 5.56 Å². The summed E-state index contributed by atoms with van der Waals surface area (Å²) in [5, 5.41) is 20.2. The number of methoxy groups -OCH3 is 1. The predicted octanol–water partition coefficient (Wildman–Crippen LogP) is 1.22. The first-order chi connectivity index (χ1) is 9.83. The van der Waals surface area contributed by atoms with E-state index in [1.54, 1.807) is 7.11 Å². The third kappa shape index (κ3) is 4.12. The van der Waals surface area contributed by atoms with Crippen LogP contribution in [0.3, 0.4) is 0 Å². The Morgan fingerprint density at radius 1 is 1.30 bits per heavy atom. The van der Waals surface area contributed by atoms with E-state index in [-0.39, 0.29) is 12.6 Å². The fourth-order valence-corrected chi connectivity index (χ4v) is 1.86. The van der Waals surface area contributed by atoms with Gasteiger partial charge >= 0.3 is 0 Å². The lowest BCUT2D eigenvalue weighted by Crippen LogP contribution is -2.33. The first-order valence-corrected chi connectivity index (χ1v) is 6.54. The average molecular weight is 277 g/mol. The van der Waals surface area contributed by atoms with Crippen molar-refractivity contribution in [1.29, 1.82) is 0 Å². The van der Waals surface area contributed by atoms with Crippen LogP contribution in [0.5, 0.6) is 0 Å². The standard InChI is InChI=1S/C14H19N3O3/c1-19-10-12(7-8-18)15-9-13-16-17-14(20-13)11-5-3-2-4-6-11/h2-6,12,15,18H,7-10H2,1H3. The van der Waals surface area contributed by atoms with Crippen molar-refractivity contribution >= 4 is 0 Å². The van der Waals surface area contributed by atoms with Gasteiger partial charge in [0.2, 0.25) is 11.8 Å². The van der Waals surface area contributed by atoms with Crippen molar-refractivity contribution in [2.24, 2.45) is 0 Å². The third-order valence-electron chi connectivity index (χ3n) is 2.87. The summed E-state index contributed by atoms with van der Waals surface area (Å²) in [6, 6.07) is 9.69. The van der Waals surface area contributed by atoms with Gasteiger partial charge in [-0.15, -0.1) is 10.2 Å². The molecular weight excluding hydrogens is 258 g/mol. The van der Waals surface area contributed by atoms with Gasteiger partial charge in [0.05, 0.1) is 13.2 Å². The molecule has 20 heavy (non-hydrogen) atoms. The summed E-state index contributed by atoms with van der Waals surface area (Å²) in [6.07, 6.45) is 0.619. The highest BCUT2D eigenvalue weighted by Crippen LogP contribution is 2.16. The van der Waals surface area contributed by atoms with Gasteiger partial charge in [0.25, 0.3) is 0 Å². The van der Waals surface area contributed by atoms with Crippen molar-refractivity contribution in [2.45, 2.75) is 19.0 Å². The van der Waals surface area contributed by atoms with E-state index in [9.17, 15) is 0 Å². The van der Waals surface area contributed by atoms with E-state index in [1.807, 2.05) is 30.3 Å². The zero-order valence-electron chi connectivity index (χ0n) is 11.5. The van der Waals surface area contributed by atoms with Gasteiger partial charge in [0.15, 0.2) is 0 Å². The first kappa shape index (κ1) is 14.6. The fraction of sp³-hybridized carbons (Fsp3) is 0.429. The van der Waals surface area contributed by atoms with Crippen LogP contribution in [0.1, 0.15) is 12.3 Å². The van der Waals surface area contributed by atoms with Gasteiger partial charge in [0.1, 0.15) is 0 Å². The van der Waals surface area contributed by atoms with Gasteiger partial charge in [-0.05, 0) is 18.6 Å². The second-order valence-electron chi connectivity index (χ2n) is 4.41. The van der Waals surface area contributed by atoms with Crippen LogP contribution in [0, 0.1) is 0 Å². The summed E-state index contributed by atoms with van der Waals surface area (Å²) in [7, 11) is 1.63. The van der Waals surface area contributed by atoms with Crippen molar-refractivity contribution < 1.29 is 14.3 Å². The topological polar surface area (TPSA) is 80.4 Å². The monoisotopic (exact) mass is 277 g/mol. The molecular formula is C14H19N3O3. The third-order valence-corrected chi connectivity index (χ3v) is 2.87. The lowest BCUT2D eigenvalue weighted by molar-refractivity contribution is 0.146. The Morgan fingerprint density at radius 3 is 2.80 bits per heavy atom. The molecule has 0 bridgehead atoms. The summed E-state index contributed by atoms with van der Waals surface area (Å²) >= 11 is 0. The molecule has 1 unspecified atom stereocenters. The van der Waals surface area contributed by atoms with E-state index >= 15 is 0 Å². The minimum Gasteiger partial charge on any atom is -0.419 e. The molecule has 6 heteroatoms. The number of nitrogens with zero attached hydrogens (tertiary/aromatic N) is 2. The Bertz CT molecular complexity index is 495. The lowest BCUT2D eigenvalue weighted by atomic mass is 10.2. The zero-order valence-corrected chi connectivity index (χ0v) is 11.5. The number of aliphatic hydroxyl groups is 1. The molecule has 1 heterocycles. The molecule has 1 aromatic carbocycles. The number of benzene rings is 1. The van der Waals surface area contributed by atoms with Crippen molar-refractivity contribution in [3.05, 3.63) is 36.2 Å². The largest absolute Gasteiger partial charge is 0.419 e. The minimum absolute atomic E-state index is 0.0667. The number of rotatable bonds is 8. The Kier molecular flexibility index (Phi) is 5.67. The molecule has 0 saturated carbocycles. The summed E-state index contributed by atoms with van der Waals surface area (Å²) in [5.74, 6) is 1.02. The van der Waals surface area contributed by atoms with Crippen LogP contribution in [0.15, 0.2) is 34.7 Å². The minimum atomic E-state index is 0.0667. The maximum Gasteiger partial charge on any atom is 0.247 e. The van der Waals surface area contributed by atoms with Crippen LogP contribution in [0.2, 0.25) is 0 Å². The van der Waals surface area contributed by atoms with E-state index < -0.39 is 0 Å². The summed E-state index contributed by atoms with van der Waals surface area (Å²) in [4.78, 5) is 0. The summed E-state index contributed by atoms with van der Waals surface area (Å²) < 4.78 is 10.7. The van der Waals surface area contributed by atoms with Crippen molar-refractivity contribution in [2.75, 3.05) is 20.3 Å². The maximum atomic E-state index is 8.97. The van der Waals surface area contributed by atoms with Crippen LogP contribution in [0.4, 0.5) is 0 Å². The molecule has 0 spiro atoms. The second kappa shape index (κ2) is 7.74. The molecule has 0 saturated heterocycles.